The standard InChI is InChI=1S/C21H25F3N4O/c1-13-11-14(21(22,23)24)12-18(29)20(13)15-7-8-19(26-25-15)28-10-4-5-16-17(28)6-3-9-27(16)2/h7-8,11-12,16-17,29H,3-6,9-10H2,1-2H3/t16-,17-/m1/s1. The van der Waals surface area contributed by atoms with Gasteiger partial charge in [0.2, 0.25) is 0 Å². The molecule has 2 saturated heterocycles. The molecule has 0 radical (unpaired) electrons. The molecule has 2 atom stereocenters. The number of fused-ring (bicyclic) bond motifs is 1. The molecule has 3 heterocycles. The largest absolute Gasteiger partial charge is 0.507 e. The Morgan fingerprint density at radius 2 is 1.76 bits per heavy atom. The van der Waals surface area contributed by atoms with Crippen LogP contribution in [0.25, 0.3) is 11.3 Å². The van der Waals surface area contributed by atoms with E-state index in [1.165, 1.54) is 13.3 Å². The van der Waals surface area contributed by atoms with Gasteiger partial charge in [-0.25, -0.2) is 0 Å². The molecule has 0 amide bonds. The Morgan fingerprint density at radius 1 is 1.03 bits per heavy atom. The summed E-state index contributed by atoms with van der Waals surface area (Å²) < 4.78 is 38.9. The van der Waals surface area contributed by atoms with Gasteiger partial charge < -0.3 is 14.9 Å². The highest BCUT2D eigenvalue weighted by atomic mass is 19.4. The second-order valence-corrected chi connectivity index (χ2v) is 8.05. The van der Waals surface area contributed by atoms with Gasteiger partial charge in [-0.2, -0.15) is 13.2 Å². The summed E-state index contributed by atoms with van der Waals surface area (Å²) in [5.41, 5.74) is 0.0886. The maximum atomic E-state index is 13.0. The van der Waals surface area contributed by atoms with Crippen molar-refractivity contribution in [1.82, 2.24) is 15.1 Å². The topological polar surface area (TPSA) is 52.5 Å². The van der Waals surface area contributed by atoms with Crippen LogP contribution in [0.4, 0.5) is 19.0 Å². The minimum absolute atomic E-state index is 0.283. The van der Waals surface area contributed by atoms with Gasteiger partial charge >= 0.3 is 6.18 Å². The highest BCUT2D eigenvalue weighted by Crippen LogP contribution is 2.39. The number of alkyl halides is 3. The molecule has 156 valence electrons. The predicted octanol–water partition coefficient (Wildman–Crippen LogP) is 4.24. The number of aromatic hydroxyl groups is 1. The number of hydrogen-bond donors (Lipinski definition) is 1. The minimum atomic E-state index is -4.51. The lowest BCUT2D eigenvalue weighted by Gasteiger charge is -2.48. The first-order chi connectivity index (χ1) is 13.8. The number of aromatic nitrogens is 2. The number of halogens is 3. The van der Waals surface area contributed by atoms with Crippen LogP contribution in [0.15, 0.2) is 24.3 Å². The molecule has 29 heavy (non-hydrogen) atoms. The Morgan fingerprint density at radius 3 is 2.41 bits per heavy atom. The summed E-state index contributed by atoms with van der Waals surface area (Å²) in [6, 6.07) is 6.27. The number of piperidine rings is 2. The van der Waals surface area contributed by atoms with Crippen molar-refractivity contribution in [1.29, 1.82) is 0 Å². The molecule has 0 bridgehead atoms. The first-order valence-corrected chi connectivity index (χ1v) is 9.97. The summed E-state index contributed by atoms with van der Waals surface area (Å²) in [5, 5.41) is 18.8. The van der Waals surface area contributed by atoms with Crippen LogP contribution in [0, 0.1) is 6.92 Å². The van der Waals surface area contributed by atoms with Crippen molar-refractivity contribution in [3.63, 3.8) is 0 Å². The molecule has 1 aromatic heterocycles. The van der Waals surface area contributed by atoms with E-state index in [9.17, 15) is 18.3 Å². The van der Waals surface area contributed by atoms with Crippen molar-refractivity contribution in [2.75, 3.05) is 25.0 Å². The lowest BCUT2D eigenvalue weighted by atomic mass is 9.88. The zero-order chi connectivity index (χ0) is 20.8. The van der Waals surface area contributed by atoms with Gasteiger partial charge in [0.25, 0.3) is 0 Å². The van der Waals surface area contributed by atoms with Gasteiger partial charge in [0.15, 0.2) is 5.82 Å². The number of likely N-dealkylation sites (tertiary alicyclic amines) is 1. The molecule has 8 heteroatoms. The third kappa shape index (κ3) is 3.77. The number of benzene rings is 1. The summed E-state index contributed by atoms with van der Waals surface area (Å²) in [6.07, 6.45) is 0.0410. The highest BCUT2D eigenvalue weighted by molar-refractivity contribution is 5.71. The second-order valence-electron chi connectivity index (χ2n) is 8.05. The molecular weight excluding hydrogens is 381 g/mol. The molecule has 5 nitrogen and oxygen atoms in total. The van der Waals surface area contributed by atoms with Crippen molar-refractivity contribution in [3.8, 4) is 17.0 Å². The number of nitrogens with zero attached hydrogens (tertiary/aromatic N) is 4. The molecule has 1 N–H and O–H groups in total. The van der Waals surface area contributed by atoms with Crippen LogP contribution in [0.5, 0.6) is 5.75 Å². The summed E-state index contributed by atoms with van der Waals surface area (Å²) in [4.78, 5) is 4.73. The van der Waals surface area contributed by atoms with Gasteiger partial charge in [0.05, 0.1) is 11.3 Å². The SMILES string of the molecule is Cc1cc(C(F)(F)F)cc(O)c1-c1ccc(N2CCC[C@@H]3[C@H]2CCCN3C)nn1. The first kappa shape index (κ1) is 19.9. The number of aryl methyl sites for hydroxylation is 1. The van der Waals surface area contributed by atoms with E-state index < -0.39 is 17.5 Å². The van der Waals surface area contributed by atoms with E-state index in [4.69, 9.17) is 0 Å². The van der Waals surface area contributed by atoms with Crippen LogP contribution < -0.4 is 4.90 Å². The molecule has 0 spiro atoms. The average molecular weight is 406 g/mol. The molecule has 0 aliphatic carbocycles. The quantitative estimate of drug-likeness (QED) is 0.809. The number of hydrogen-bond acceptors (Lipinski definition) is 5. The Kier molecular flexibility index (Phi) is 5.14. The van der Waals surface area contributed by atoms with E-state index >= 15 is 0 Å². The summed E-state index contributed by atoms with van der Waals surface area (Å²) >= 11 is 0. The van der Waals surface area contributed by atoms with Gasteiger partial charge in [-0.1, -0.05) is 0 Å². The molecule has 2 aromatic rings. The molecule has 4 rings (SSSR count). The van der Waals surface area contributed by atoms with E-state index in [0.717, 1.165) is 50.3 Å². The van der Waals surface area contributed by atoms with Crippen LogP contribution in [0.2, 0.25) is 0 Å². The Labute approximate surface area is 168 Å². The highest BCUT2D eigenvalue weighted by Gasteiger charge is 2.37. The van der Waals surface area contributed by atoms with Gasteiger partial charge in [-0.15, -0.1) is 10.2 Å². The van der Waals surface area contributed by atoms with Crippen LogP contribution >= 0.6 is 0 Å². The molecular formula is C21H25F3N4O. The molecule has 2 aliphatic rings. The maximum Gasteiger partial charge on any atom is 0.416 e. The Hall–Kier alpha value is -2.35. The smallest absolute Gasteiger partial charge is 0.416 e. The number of rotatable bonds is 2. The fourth-order valence-electron chi connectivity index (χ4n) is 4.78. The zero-order valence-corrected chi connectivity index (χ0v) is 16.6. The third-order valence-electron chi connectivity index (χ3n) is 6.16. The molecule has 2 aliphatic heterocycles. The van der Waals surface area contributed by atoms with Crippen LogP contribution in [0.1, 0.15) is 36.8 Å². The lowest BCUT2D eigenvalue weighted by molar-refractivity contribution is -0.137. The Bertz CT molecular complexity index is 861. The minimum Gasteiger partial charge on any atom is -0.507 e. The first-order valence-electron chi connectivity index (χ1n) is 9.97. The second kappa shape index (κ2) is 7.48. The number of likely N-dealkylation sites (N-methyl/N-ethyl adjacent to an activating group) is 1. The van der Waals surface area contributed by atoms with E-state index in [0.29, 0.717) is 23.3 Å². The number of anilines is 1. The number of phenolic OH excluding ortho intramolecular Hbond substituents is 1. The maximum absolute atomic E-state index is 13.0. The van der Waals surface area contributed by atoms with Crippen molar-refractivity contribution in [2.24, 2.45) is 0 Å². The normalized spacial score (nSPS) is 23.1. The third-order valence-corrected chi connectivity index (χ3v) is 6.16. The average Bonchev–Trinajstić information content (AvgIpc) is 2.67. The van der Waals surface area contributed by atoms with E-state index in [1.807, 2.05) is 6.07 Å². The van der Waals surface area contributed by atoms with Gasteiger partial charge in [-0.05, 0) is 76.0 Å². The van der Waals surface area contributed by atoms with Gasteiger partial charge in [0, 0.05) is 24.2 Å². The van der Waals surface area contributed by atoms with Crippen molar-refractivity contribution in [2.45, 2.75) is 50.9 Å². The monoisotopic (exact) mass is 406 g/mol. The molecule has 1 aromatic carbocycles. The summed E-state index contributed by atoms with van der Waals surface area (Å²) in [5.74, 6) is 0.342. The fourth-order valence-corrected chi connectivity index (χ4v) is 4.78. The van der Waals surface area contributed by atoms with Gasteiger partial charge in [-0.3, -0.25) is 0 Å². The Balaban J connectivity index is 1.62. The van der Waals surface area contributed by atoms with Crippen molar-refractivity contribution in [3.05, 3.63) is 35.4 Å². The van der Waals surface area contributed by atoms with Crippen LogP contribution in [-0.4, -0.2) is 52.4 Å². The van der Waals surface area contributed by atoms with E-state index in [1.54, 1.807) is 6.07 Å². The lowest BCUT2D eigenvalue weighted by Crippen LogP contribution is -2.57. The molecule has 2 fully saturated rings. The van der Waals surface area contributed by atoms with Crippen LogP contribution in [-0.2, 0) is 6.18 Å². The molecule has 0 saturated carbocycles. The van der Waals surface area contributed by atoms with Crippen molar-refractivity contribution >= 4 is 5.82 Å². The summed E-state index contributed by atoms with van der Waals surface area (Å²) in [7, 11) is 2.17. The zero-order valence-electron chi connectivity index (χ0n) is 16.6. The van der Waals surface area contributed by atoms with Crippen molar-refractivity contribution < 1.29 is 18.3 Å². The number of phenols is 1. The van der Waals surface area contributed by atoms with E-state index in [-0.39, 0.29) is 5.56 Å². The summed E-state index contributed by atoms with van der Waals surface area (Å²) in [6.45, 7) is 3.58. The predicted molar refractivity (Wildman–Crippen MR) is 105 cm³/mol. The van der Waals surface area contributed by atoms with E-state index in [2.05, 4.69) is 27.0 Å². The van der Waals surface area contributed by atoms with Crippen LogP contribution in [0.3, 0.4) is 0 Å². The molecule has 0 unspecified atom stereocenters. The van der Waals surface area contributed by atoms with Gasteiger partial charge in [0.1, 0.15) is 5.75 Å². The fraction of sp³-hybridized carbons (Fsp3) is 0.524.